The van der Waals surface area contributed by atoms with Gasteiger partial charge >= 0.3 is 0 Å². The van der Waals surface area contributed by atoms with E-state index in [1.54, 1.807) is 0 Å². The molecule has 1 unspecified atom stereocenters. The number of hydrogen-bond acceptors (Lipinski definition) is 6. The van der Waals surface area contributed by atoms with Gasteiger partial charge in [0.2, 0.25) is 0 Å². The molecule has 96 valence electrons. The number of thiophene rings is 1. The summed E-state index contributed by atoms with van der Waals surface area (Å²) in [6.45, 7) is 2.84. The smallest absolute Gasteiger partial charge is 0.268 e. The van der Waals surface area contributed by atoms with E-state index in [2.05, 4.69) is 10.1 Å². The number of aromatic nitrogens is 2. The Morgan fingerprint density at radius 2 is 2.44 bits per heavy atom. The van der Waals surface area contributed by atoms with Gasteiger partial charge in [0.25, 0.3) is 5.89 Å². The highest BCUT2D eigenvalue weighted by molar-refractivity contribution is 7.19. The van der Waals surface area contributed by atoms with Crippen molar-refractivity contribution in [2.45, 2.75) is 32.3 Å². The largest absolute Gasteiger partial charge is 0.391 e. The van der Waals surface area contributed by atoms with Crippen molar-refractivity contribution >= 4 is 16.3 Å². The maximum absolute atomic E-state index is 5.76. The molecule has 3 rings (SSSR count). The molecule has 0 saturated carbocycles. The average Bonchev–Trinajstić information content (AvgIpc) is 3.01. The van der Waals surface area contributed by atoms with Gasteiger partial charge in [0, 0.05) is 13.0 Å². The second-order valence-corrected chi connectivity index (χ2v) is 5.60. The molecule has 18 heavy (non-hydrogen) atoms. The number of nitrogens with zero attached hydrogens (tertiary/aromatic N) is 2. The third-order valence-electron chi connectivity index (χ3n) is 3.03. The SMILES string of the molecule is Cc1cc(N)sc1-c1nc(CC2CCCO2)no1. The maximum atomic E-state index is 5.76. The lowest BCUT2D eigenvalue weighted by molar-refractivity contribution is 0.109. The minimum Gasteiger partial charge on any atom is -0.391 e. The fourth-order valence-electron chi connectivity index (χ4n) is 2.16. The van der Waals surface area contributed by atoms with E-state index in [9.17, 15) is 0 Å². The summed E-state index contributed by atoms with van der Waals surface area (Å²) in [6, 6.07) is 1.92. The number of aryl methyl sites for hydroxylation is 1. The normalized spacial score (nSPS) is 19.5. The highest BCUT2D eigenvalue weighted by Crippen LogP contribution is 2.32. The van der Waals surface area contributed by atoms with Crippen LogP contribution in [0.2, 0.25) is 0 Å². The van der Waals surface area contributed by atoms with E-state index in [1.807, 2.05) is 13.0 Å². The van der Waals surface area contributed by atoms with E-state index in [1.165, 1.54) is 11.3 Å². The highest BCUT2D eigenvalue weighted by Gasteiger charge is 2.20. The predicted octanol–water partition coefficient (Wildman–Crippen LogP) is 2.41. The summed E-state index contributed by atoms with van der Waals surface area (Å²) in [4.78, 5) is 5.37. The first kappa shape index (κ1) is 11.7. The third kappa shape index (κ3) is 2.26. The Bertz CT molecular complexity index is 543. The van der Waals surface area contributed by atoms with Gasteiger partial charge in [-0.25, -0.2) is 0 Å². The molecule has 0 spiro atoms. The monoisotopic (exact) mass is 265 g/mol. The van der Waals surface area contributed by atoms with E-state index in [0.29, 0.717) is 11.7 Å². The summed E-state index contributed by atoms with van der Waals surface area (Å²) < 4.78 is 10.9. The molecule has 2 aromatic rings. The molecule has 0 bridgehead atoms. The van der Waals surface area contributed by atoms with E-state index in [-0.39, 0.29) is 6.10 Å². The second kappa shape index (κ2) is 4.70. The Hall–Kier alpha value is -1.40. The van der Waals surface area contributed by atoms with Gasteiger partial charge < -0.3 is 15.0 Å². The lowest BCUT2D eigenvalue weighted by Gasteiger charge is -2.03. The van der Waals surface area contributed by atoms with Crippen LogP contribution in [0.4, 0.5) is 5.00 Å². The zero-order valence-corrected chi connectivity index (χ0v) is 11.0. The van der Waals surface area contributed by atoms with Crippen LogP contribution in [0, 0.1) is 6.92 Å². The van der Waals surface area contributed by atoms with Crippen LogP contribution < -0.4 is 5.73 Å². The van der Waals surface area contributed by atoms with E-state index in [4.69, 9.17) is 15.0 Å². The fourth-order valence-corrected chi connectivity index (χ4v) is 3.02. The Labute approximate surface area is 109 Å². The molecule has 6 heteroatoms. The Morgan fingerprint density at radius 3 is 3.11 bits per heavy atom. The summed E-state index contributed by atoms with van der Waals surface area (Å²) >= 11 is 1.47. The topological polar surface area (TPSA) is 74.2 Å². The van der Waals surface area contributed by atoms with Crippen molar-refractivity contribution in [3.05, 3.63) is 17.5 Å². The molecule has 0 amide bonds. The van der Waals surface area contributed by atoms with Gasteiger partial charge in [-0.3, -0.25) is 0 Å². The molecule has 1 aliphatic rings. The van der Waals surface area contributed by atoms with Crippen molar-refractivity contribution < 1.29 is 9.26 Å². The van der Waals surface area contributed by atoms with Gasteiger partial charge in [-0.2, -0.15) is 4.98 Å². The lowest BCUT2D eigenvalue weighted by Crippen LogP contribution is -2.09. The Kier molecular flexibility index (Phi) is 3.05. The third-order valence-corrected chi connectivity index (χ3v) is 4.09. The lowest BCUT2D eigenvalue weighted by atomic mass is 10.2. The van der Waals surface area contributed by atoms with Gasteiger partial charge in [0.15, 0.2) is 5.82 Å². The standard InChI is InChI=1S/C12H15N3O2S/c1-7-5-9(13)18-11(7)12-14-10(15-17-12)6-8-3-2-4-16-8/h5,8H,2-4,6,13H2,1H3. The van der Waals surface area contributed by atoms with Crippen molar-refractivity contribution in [1.82, 2.24) is 10.1 Å². The van der Waals surface area contributed by atoms with Gasteiger partial charge in [-0.1, -0.05) is 5.16 Å². The molecule has 1 fully saturated rings. The summed E-state index contributed by atoms with van der Waals surface area (Å²) in [5.74, 6) is 1.27. The molecule has 5 nitrogen and oxygen atoms in total. The summed E-state index contributed by atoms with van der Waals surface area (Å²) in [5.41, 5.74) is 6.84. The van der Waals surface area contributed by atoms with Crippen LogP contribution in [-0.2, 0) is 11.2 Å². The Balaban J connectivity index is 1.78. The van der Waals surface area contributed by atoms with Gasteiger partial charge in [0.1, 0.15) is 0 Å². The number of anilines is 1. The molecule has 2 N–H and O–H groups in total. The van der Waals surface area contributed by atoms with Crippen LogP contribution in [0.3, 0.4) is 0 Å². The van der Waals surface area contributed by atoms with Crippen molar-refractivity contribution in [2.75, 3.05) is 12.3 Å². The van der Waals surface area contributed by atoms with Crippen LogP contribution in [-0.4, -0.2) is 22.9 Å². The molecule has 2 aromatic heterocycles. The minimum absolute atomic E-state index is 0.241. The number of ether oxygens (including phenoxy) is 1. The summed E-state index contributed by atoms with van der Waals surface area (Å²) in [6.07, 6.45) is 3.17. The van der Waals surface area contributed by atoms with Gasteiger partial charge in [-0.15, -0.1) is 11.3 Å². The molecule has 0 radical (unpaired) electrons. The number of nitrogens with two attached hydrogens (primary N) is 1. The van der Waals surface area contributed by atoms with Gasteiger partial charge in [0.05, 0.1) is 16.0 Å². The van der Waals surface area contributed by atoms with Gasteiger partial charge in [-0.05, 0) is 31.4 Å². The molecule has 3 heterocycles. The van der Waals surface area contributed by atoms with Crippen LogP contribution >= 0.6 is 11.3 Å². The van der Waals surface area contributed by atoms with E-state index < -0.39 is 0 Å². The second-order valence-electron chi connectivity index (χ2n) is 4.52. The van der Waals surface area contributed by atoms with Crippen molar-refractivity contribution in [2.24, 2.45) is 0 Å². The van der Waals surface area contributed by atoms with Crippen LogP contribution in [0.15, 0.2) is 10.6 Å². The first-order chi connectivity index (χ1) is 8.72. The van der Waals surface area contributed by atoms with E-state index in [0.717, 1.165) is 41.3 Å². The van der Waals surface area contributed by atoms with Crippen molar-refractivity contribution in [3.8, 4) is 10.8 Å². The zero-order chi connectivity index (χ0) is 12.5. The quantitative estimate of drug-likeness (QED) is 0.922. The predicted molar refractivity (Wildman–Crippen MR) is 69.4 cm³/mol. The fraction of sp³-hybridized carbons (Fsp3) is 0.500. The van der Waals surface area contributed by atoms with Crippen LogP contribution in [0.5, 0.6) is 0 Å². The van der Waals surface area contributed by atoms with Crippen LogP contribution in [0.25, 0.3) is 10.8 Å². The number of rotatable bonds is 3. The number of hydrogen-bond donors (Lipinski definition) is 1. The molecule has 1 saturated heterocycles. The highest BCUT2D eigenvalue weighted by atomic mass is 32.1. The maximum Gasteiger partial charge on any atom is 0.268 e. The average molecular weight is 265 g/mol. The van der Waals surface area contributed by atoms with Crippen molar-refractivity contribution in [3.63, 3.8) is 0 Å². The zero-order valence-electron chi connectivity index (χ0n) is 10.2. The molecule has 0 aliphatic carbocycles. The van der Waals surface area contributed by atoms with E-state index >= 15 is 0 Å². The summed E-state index contributed by atoms with van der Waals surface area (Å²) in [5, 5.41) is 4.77. The molecular weight excluding hydrogens is 250 g/mol. The first-order valence-corrected chi connectivity index (χ1v) is 6.84. The minimum atomic E-state index is 0.241. The van der Waals surface area contributed by atoms with Crippen molar-refractivity contribution in [1.29, 1.82) is 0 Å². The molecule has 1 aliphatic heterocycles. The molecule has 1 atom stereocenters. The van der Waals surface area contributed by atoms with Crippen LogP contribution in [0.1, 0.15) is 24.2 Å². The summed E-state index contributed by atoms with van der Waals surface area (Å²) in [7, 11) is 0. The first-order valence-electron chi connectivity index (χ1n) is 6.03. The molecular formula is C12H15N3O2S. The number of nitrogen functional groups attached to an aromatic ring is 1. The Morgan fingerprint density at radius 1 is 1.56 bits per heavy atom. The molecule has 0 aromatic carbocycles.